The molecule has 1 aromatic carbocycles. The van der Waals surface area contributed by atoms with E-state index in [-0.39, 0.29) is 21.6 Å². The summed E-state index contributed by atoms with van der Waals surface area (Å²) in [4.78, 5) is 16.5. The molecule has 1 aliphatic rings. The van der Waals surface area contributed by atoms with Crippen LogP contribution in [-0.4, -0.2) is 10.9 Å². The van der Waals surface area contributed by atoms with E-state index >= 15 is 0 Å². The standard InChI is InChI=1S/C13H11Cl2N3OS/c14-8-3-7(4-9(15)11(8)16)12(19)18-13-17-10(5-20-13)6-1-2-6/h3-6H,1-2,16H2,(H,17,18,19). The molecule has 1 aromatic heterocycles. The molecule has 1 aliphatic carbocycles. The zero-order chi connectivity index (χ0) is 14.3. The summed E-state index contributed by atoms with van der Waals surface area (Å²) in [5.74, 6) is 0.266. The Kier molecular flexibility index (Phi) is 3.58. The number of amides is 1. The number of nitrogen functional groups attached to an aromatic ring is 1. The van der Waals surface area contributed by atoms with Crippen molar-refractivity contribution in [3.63, 3.8) is 0 Å². The fraction of sp³-hybridized carbons (Fsp3) is 0.231. The van der Waals surface area contributed by atoms with E-state index in [0.717, 1.165) is 5.69 Å². The van der Waals surface area contributed by atoms with Gasteiger partial charge in [-0.05, 0) is 25.0 Å². The van der Waals surface area contributed by atoms with Crippen LogP contribution in [0.5, 0.6) is 0 Å². The first kappa shape index (κ1) is 13.7. The maximum absolute atomic E-state index is 12.1. The maximum atomic E-state index is 12.1. The number of hydrogen-bond acceptors (Lipinski definition) is 4. The van der Waals surface area contributed by atoms with Gasteiger partial charge in [0.25, 0.3) is 5.91 Å². The molecule has 20 heavy (non-hydrogen) atoms. The van der Waals surface area contributed by atoms with Crippen LogP contribution in [0.4, 0.5) is 10.8 Å². The molecule has 0 atom stereocenters. The van der Waals surface area contributed by atoms with E-state index in [2.05, 4.69) is 10.3 Å². The van der Waals surface area contributed by atoms with Gasteiger partial charge in [-0.3, -0.25) is 10.1 Å². The quantitative estimate of drug-likeness (QED) is 0.831. The summed E-state index contributed by atoms with van der Waals surface area (Å²) in [5, 5.41) is 5.84. The second-order valence-electron chi connectivity index (χ2n) is 4.66. The molecule has 1 saturated carbocycles. The van der Waals surface area contributed by atoms with E-state index in [9.17, 15) is 4.79 Å². The number of thiazole rings is 1. The molecule has 1 heterocycles. The maximum Gasteiger partial charge on any atom is 0.257 e. The summed E-state index contributed by atoms with van der Waals surface area (Å²) in [6.07, 6.45) is 2.36. The summed E-state index contributed by atoms with van der Waals surface area (Å²) in [6.45, 7) is 0. The third-order valence-electron chi connectivity index (χ3n) is 3.08. The molecule has 0 unspecified atom stereocenters. The molecule has 0 bridgehead atoms. The lowest BCUT2D eigenvalue weighted by Gasteiger charge is -2.06. The van der Waals surface area contributed by atoms with Gasteiger partial charge in [0.2, 0.25) is 0 Å². The number of anilines is 2. The molecule has 2 aromatic rings. The van der Waals surface area contributed by atoms with Gasteiger partial charge < -0.3 is 5.73 Å². The summed E-state index contributed by atoms with van der Waals surface area (Å²) in [7, 11) is 0. The third-order valence-corrected chi connectivity index (χ3v) is 4.48. The van der Waals surface area contributed by atoms with Crippen molar-refractivity contribution in [2.75, 3.05) is 11.1 Å². The van der Waals surface area contributed by atoms with Crippen molar-refractivity contribution in [1.82, 2.24) is 4.98 Å². The lowest BCUT2D eigenvalue weighted by Crippen LogP contribution is -2.12. The van der Waals surface area contributed by atoms with E-state index in [1.165, 1.54) is 36.3 Å². The van der Waals surface area contributed by atoms with Crippen LogP contribution in [0, 0.1) is 0 Å². The van der Waals surface area contributed by atoms with Gasteiger partial charge in [-0.15, -0.1) is 11.3 Å². The molecule has 0 radical (unpaired) electrons. The van der Waals surface area contributed by atoms with Crippen molar-refractivity contribution in [1.29, 1.82) is 0 Å². The van der Waals surface area contributed by atoms with Gasteiger partial charge in [-0.2, -0.15) is 0 Å². The average molecular weight is 328 g/mol. The van der Waals surface area contributed by atoms with Gasteiger partial charge in [0.05, 0.1) is 21.4 Å². The van der Waals surface area contributed by atoms with Crippen LogP contribution < -0.4 is 11.1 Å². The van der Waals surface area contributed by atoms with E-state index in [1.54, 1.807) is 0 Å². The number of nitrogens with two attached hydrogens (primary N) is 1. The number of hydrogen-bond donors (Lipinski definition) is 2. The van der Waals surface area contributed by atoms with Crippen LogP contribution in [0.15, 0.2) is 17.5 Å². The SMILES string of the molecule is Nc1c(Cl)cc(C(=O)Nc2nc(C3CC3)cs2)cc1Cl. The zero-order valence-corrected chi connectivity index (χ0v) is 12.6. The van der Waals surface area contributed by atoms with E-state index in [1.807, 2.05) is 5.38 Å². The highest BCUT2D eigenvalue weighted by Crippen LogP contribution is 2.41. The number of carbonyl (C=O) groups excluding carboxylic acids is 1. The largest absolute Gasteiger partial charge is 0.396 e. The van der Waals surface area contributed by atoms with Crippen molar-refractivity contribution < 1.29 is 4.79 Å². The Morgan fingerprint density at radius 2 is 2.00 bits per heavy atom. The Hall–Kier alpha value is -1.30. The summed E-state index contributed by atoms with van der Waals surface area (Å²) in [6, 6.07) is 2.99. The average Bonchev–Trinajstić information content (AvgIpc) is 3.16. The first-order chi connectivity index (χ1) is 9.54. The van der Waals surface area contributed by atoms with Gasteiger partial charge in [0.15, 0.2) is 5.13 Å². The molecule has 1 fully saturated rings. The van der Waals surface area contributed by atoms with Gasteiger partial charge in [-0.25, -0.2) is 4.98 Å². The molecule has 4 nitrogen and oxygen atoms in total. The Morgan fingerprint density at radius 3 is 2.60 bits per heavy atom. The Balaban J connectivity index is 1.78. The molecular formula is C13H11Cl2N3OS. The van der Waals surface area contributed by atoms with Crippen molar-refractivity contribution in [2.45, 2.75) is 18.8 Å². The Bertz CT molecular complexity index is 659. The first-order valence-electron chi connectivity index (χ1n) is 6.06. The van der Waals surface area contributed by atoms with Gasteiger partial charge in [0.1, 0.15) is 0 Å². The first-order valence-corrected chi connectivity index (χ1v) is 7.69. The third kappa shape index (κ3) is 2.75. The number of rotatable bonds is 3. The molecule has 3 rings (SSSR count). The number of carbonyl (C=O) groups is 1. The minimum atomic E-state index is -0.300. The molecule has 104 valence electrons. The summed E-state index contributed by atoms with van der Waals surface area (Å²) < 4.78 is 0. The van der Waals surface area contributed by atoms with Crippen molar-refractivity contribution >= 4 is 51.3 Å². The summed E-state index contributed by atoms with van der Waals surface area (Å²) in [5.41, 5.74) is 7.33. The molecule has 1 amide bonds. The van der Waals surface area contributed by atoms with Crippen molar-refractivity contribution in [3.8, 4) is 0 Å². The normalized spacial score (nSPS) is 14.3. The van der Waals surface area contributed by atoms with Crippen molar-refractivity contribution in [2.24, 2.45) is 0 Å². The van der Waals surface area contributed by atoms with Gasteiger partial charge in [-0.1, -0.05) is 23.2 Å². The lowest BCUT2D eigenvalue weighted by atomic mass is 10.2. The van der Waals surface area contributed by atoms with Crippen LogP contribution >= 0.6 is 34.5 Å². The predicted octanol–water partition coefficient (Wildman–Crippen LogP) is 4.16. The minimum Gasteiger partial charge on any atom is -0.396 e. The fourth-order valence-corrected chi connectivity index (χ4v) is 3.07. The van der Waals surface area contributed by atoms with E-state index in [4.69, 9.17) is 28.9 Å². The molecule has 0 spiro atoms. The molecule has 7 heteroatoms. The van der Waals surface area contributed by atoms with Crippen LogP contribution in [0.3, 0.4) is 0 Å². The van der Waals surface area contributed by atoms with Crippen LogP contribution in [0.2, 0.25) is 10.0 Å². The number of benzene rings is 1. The molecule has 0 aliphatic heterocycles. The Morgan fingerprint density at radius 1 is 1.35 bits per heavy atom. The number of nitrogens with zero attached hydrogens (tertiary/aromatic N) is 1. The number of nitrogens with one attached hydrogen (secondary N) is 1. The van der Waals surface area contributed by atoms with Crippen LogP contribution in [0.1, 0.15) is 34.8 Å². The summed E-state index contributed by atoms with van der Waals surface area (Å²) >= 11 is 13.3. The molecule has 0 saturated heterocycles. The molecular weight excluding hydrogens is 317 g/mol. The van der Waals surface area contributed by atoms with E-state index < -0.39 is 0 Å². The van der Waals surface area contributed by atoms with Gasteiger partial charge >= 0.3 is 0 Å². The topological polar surface area (TPSA) is 68.0 Å². The highest BCUT2D eigenvalue weighted by molar-refractivity contribution is 7.14. The van der Waals surface area contributed by atoms with Crippen molar-refractivity contribution in [3.05, 3.63) is 38.8 Å². The fourth-order valence-electron chi connectivity index (χ4n) is 1.79. The second kappa shape index (κ2) is 5.24. The van der Waals surface area contributed by atoms with E-state index in [0.29, 0.717) is 16.6 Å². The predicted molar refractivity (Wildman–Crippen MR) is 82.9 cm³/mol. The number of halogens is 2. The monoisotopic (exact) mass is 327 g/mol. The number of aromatic nitrogens is 1. The highest BCUT2D eigenvalue weighted by atomic mass is 35.5. The van der Waals surface area contributed by atoms with Gasteiger partial charge in [0, 0.05) is 16.9 Å². The highest BCUT2D eigenvalue weighted by Gasteiger charge is 2.26. The van der Waals surface area contributed by atoms with Crippen LogP contribution in [-0.2, 0) is 0 Å². The lowest BCUT2D eigenvalue weighted by molar-refractivity contribution is 0.102. The zero-order valence-electron chi connectivity index (χ0n) is 10.3. The smallest absolute Gasteiger partial charge is 0.257 e. The Labute approximate surface area is 129 Å². The second-order valence-corrected chi connectivity index (χ2v) is 6.33. The molecule has 3 N–H and O–H groups in total. The minimum absolute atomic E-state index is 0.264. The van der Waals surface area contributed by atoms with Crippen LogP contribution in [0.25, 0.3) is 0 Å².